The maximum absolute atomic E-state index is 12.8. The highest BCUT2D eigenvalue weighted by molar-refractivity contribution is 5.91. The molecule has 2 unspecified atom stereocenters. The zero-order chi connectivity index (χ0) is 17.2. The van der Waals surface area contributed by atoms with Crippen LogP contribution in [0.2, 0.25) is 0 Å². The average Bonchev–Trinajstić information content (AvgIpc) is 3.05. The van der Waals surface area contributed by atoms with Crippen molar-refractivity contribution in [3.8, 4) is 0 Å². The highest BCUT2D eigenvalue weighted by Gasteiger charge is 2.30. The molecule has 1 fully saturated rings. The number of fused-ring (bicyclic) bond motifs is 1. The first-order chi connectivity index (χ1) is 11.4. The fraction of sp³-hybridized carbons (Fsp3) is 0.471. The molecule has 2 atom stereocenters. The maximum Gasteiger partial charge on any atom is 0.416 e. The first-order valence-electron chi connectivity index (χ1n) is 7.85. The van der Waals surface area contributed by atoms with Crippen LogP contribution < -0.4 is 5.32 Å². The molecule has 0 aliphatic carbocycles. The van der Waals surface area contributed by atoms with E-state index >= 15 is 0 Å². The van der Waals surface area contributed by atoms with Gasteiger partial charge in [-0.3, -0.25) is 4.98 Å². The smallest absolute Gasteiger partial charge is 0.380 e. The molecule has 0 amide bonds. The van der Waals surface area contributed by atoms with Gasteiger partial charge in [-0.25, -0.2) is 0 Å². The predicted octanol–water partition coefficient (Wildman–Crippen LogP) is 3.86. The molecule has 4 nitrogen and oxygen atoms in total. The van der Waals surface area contributed by atoms with Crippen molar-refractivity contribution >= 4 is 16.6 Å². The predicted molar refractivity (Wildman–Crippen MR) is 85.0 cm³/mol. The fourth-order valence-electron chi connectivity index (χ4n) is 2.68. The van der Waals surface area contributed by atoms with Gasteiger partial charge in [0.2, 0.25) is 0 Å². The Morgan fingerprint density at radius 2 is 2.21 bits per heavy atom. The van der Waals surface area contributed by atoms with Crippen LogP contribution in [0.5, 0.6) is 0 Å². The normalized spacial score (nSPS) is 19.6. The third kappa shape index (κ3) is 3.96. The van der Waals surface area contributed by atoms with Crippen LogP contribution in [0.15, 0.2) is 30.5 Å². The number of rotatable bonds is 5. The number of aromatic nitrogens is 1. The van der Waals surface area contributed by atoms with Crippen molar-refractivity contribution in [2.24, 2.45) is 0 Å². The zero-order valence-electron chi connectivity index (χ0n) is 13.3. The van der Waals surface area contributed by atoms with E-state index in [4.69, 9.17) is 9.47 Å². The Bertz CT molecular complexity index is 700. The van der Waals surface area contributed by atoms with Crippen molar-refractivity contribution in [1.82, 2.24) is 4.98 Å². The number of nitrogens with one attached hydrogen (secondary N) is 1. The molecule has 0 saturated carbocycles. The molecule has 1 saturated heterocycles. The Kier molecular flexibility index (Phi) is 4.91. The van der Waals surface area contributed by atoms with E-state index in [2.05, 4.69) is 10.3 Å². The molecule has 1 aromatic carbocycles. The van der Waals surface area contributed by atoms with Gasteiger partial charge in [0.25, 0.3) is 0 Å². The maximum atomic E-state index is 12.8. The van der Waals surface area contributed by atoms with Crippen molar-refractivity contribution in [3.05, 3.63) is 36.0 Å². The lowest BCUT2D eigenvalue weighted by atomic mass is 10.1. The lowest BCUT2D eigenvalue weighted by Crippen LogP contribution is -2.26. The zero-order valence-corrected chi connectivity index (χ0v) is 13.3. The van der Waals surface area contributed by atoms with E-state index < -0.39 is 11.7 Å². The Balaban J connectivity index is 1.71. The second kappa shape index (κ2) is 6.94. The number of benzene rings is 1. The molecular weight excluding hydrogens is 321 g/mol. The largest absolute Gasteiger partial charge is 0.416 e. The summed E-state index contributed by atoms with van der Waals surface area (Å²) in [5.74, 6) is 0. The van der Waals surface area contributed by atoms with Gasteiger partial charge in [-0.1, -0.05) is 6.07 Å². The number of hydrogen-bond acceptors (Lipinski definition) is 4. The summed E-state index contributed by atoms with van der Waals surface area (Å²) in [5, 5.41) is 3.93. The Labute approximate surface area is 138 Å². The molecule has 1 N–H and O–H groups in total. The van der Waals surface area contributed by atoms with Gasteiger partial charge in [-0.2, -0.15) is 13.2 Å². The summed E-state index contributed by atoms with van der Waals surface area (Å²) in [6, 6.07) is 5.36. The number of alkyl halides is 3. The highest BCUT2D eigenvalue weighted by atomic mass is 19.4. The van der Waals surface area contributed by atoms with Gasteiger partial charge in [0, 0.05) is 29.9 Å². The first-order valence-corrected chi connectivity index (χ1v) is 7.85. The highest BCUT2D eigenvalue weighted by Crippen LogP contribution is 2.32. The summed E-state index contributed by atoms with van der Waals surface area (Å²) in [7, 11) is 0. The van der Waals surface area contributed by atoms with E-state index in [0.29, 0.717) is 24.1 Å². The van der Waals surface area contributed by atoms with Crippen LogP contribution in [0.4, 0.5) is 18.9 Å². The van der Waals surface area contributed by atoms with Crippen LogP contribution in [0.25, 0.3) is 10.9 Å². The monoisotopic (exact) mass is 340 g/mol. The Hall–Kier alpha value is -1.86. The molecule has 0 spiro atoms. The molecule has 3 rings (SSSR count). The van der Waals surface area contributed by atoms with Gasteiger partial charge >= 0.3 is 6.18 Å². The quantitative estimate of drug-likeness (QED) is 0.898. The molecule has 1 aromatic heterocycles. The summed E-state index contributed by atoms with van der Waals surface area (Å²) in [6.45, 7) is 3.80. The van der Waals surface area contributed by atoms with E-state index in [0.717, 1.165) is 30.8 Å². The van der Waals surface area contributed by atoms with Gasteiger partial charge in [0.15, 0.2) is 0 Å². The molecule has 0 radical (unpaired) electrons. The summed E-state index contributed by atoms with van der Waals surface area (Å²) in [5.41, 5.74) is 0.358. The van der Waals surface area contributed by atoms with Crippen LogP contribution in [0.3, 0.4) is 0 Å². The molecule has 2 heterocycles. The molecule has 2 aromatic rings. The van der Waals surface area contributed by atoms with Crippen LogP contribution in [-0.4, -0.2) is 37.0 Å². The van der Waals surface area contributed by atoms with Crippen molar-refractivity contribution in [2.45, 2.75) is 31.7 Å². The minimum Gasteiger partial charge on any atom is -0.380 e. The number of halogens is 3. The van der Waals surface area contributed by atoms with E-state index in [1.165, 1.54) is 12.3 Å². The van der Waals surface area contributed by atoms with Gasteiger partial charge in [-0.05, 0) is 31.5 Å². The third-order valence-corrected chi connectivity index (χ3v) is 3.94. The number of nitrogens with zero attached hydrogens (tertiary/aromatic N) is 1. The van der Waals surface area contributed by atoms with Crippen LogP contribution in [-0.2, 0) is 15.7 Å². The number of anilines is 1. The Morgan fingerprint density at radius 1 is 1.38 bits per heavy atom. The van der Waals surface area contributed by atoms with E-state index in [9.17, 15) is 13.2 Å². The summed E-state index contributed by atoms with van der Waals surface area (Å²) in [6.07, 6.45) is -1.85. The molecule has 130 valence electrons. The van der Waals surface area contributed by atoms with Gasteiger partial charge in [-0.15, -0.1) is 0 Å². The van der Waals surface area contributed by atoms with Gasteiger partial charge in [0.05, 0.1) is 30.4 Å². The van der Waals surface area contributed by atoms with E-state index in [1.807, 2.05) is 6.92 Å². The van der Waals surface area contributed by atoms with Crippen LogP contribution in [0, 0.1) is 0 Å². The number of pyridine rings is 1. The molecule has 0 bridgehead atoms. The molecule has 24 heavy (non-hydrogen) atoms. The topological polar surface area (TPSA) is 43.4 Å². The standard InChI is InChI=1S/C17H19F3N2O2/c1-11(9-24-13-5-7-23-10-13)22-15-4-6-21-16-8-12(17(18,19)20)2-3-14(15)16/h2-4,6,8,11,13H,5,7,9-10H2,1H3,(H,21,22). The third-order valence-electron chi connectivity index (χ3n) is 3.94. The molecular formula is C17H19F3N2O2. The minimum atomic E-state index is -4.37. The average molecular weight is 340 g/mol. The number of ether oxygens (including phenoxy) is 2. The summed E-state index contributed by atoms with van der Waals surface area (Å²) >= 11 is 0. The second-order valence-electron chi connectivity index (χ2n) is 5.95. The first kappa shape index (κ1) is 17.0. The van der Waals surface area contributed by atoms with Gasteiger partial charge < -0.3 is 14.8 Å². The van der Waals surface area contributed by atoms with E-state index in [-0.39, 0.29) is 12.1 Å². The molecule has 7 heteroatoms. The second-order valence-corrected chi connectivity index (χ2v) is 5.95. The van der Waals surface area contributed by atoms with Crippen molar-refractivity contribution in [1.29, 1.82) is 0 Å². The molecule has 1 aliphatic heterocycles. The van der Waals surface area contributed by atoms with Crippen LogP contribution >= 0.6 is 0 Å². The Morgan fingerprint density at radius 3 is 2.92 bits per heavy atom. The lowest BCUT2D eigenvalue weighted by Gasteiger charge is -2.19. The summed E-state index contributed by atoms with van der Waals surface area (Å²) < 4.78 is 49.4. The SMILES string of the molecule is CC(COC1CCOC1)Nc1ccnc2cc(C(F)(F)F)ccc12. The van der Waals surface area contributed by atoms with E-state index in [1.54, 1.807) is 6.07 Å². The van der Waals surface area contributed by atoms with Crippen molar-refractivity contribution in [2.75, 3.05) is 25.1 Å². The van der Waals surface area contributed by atoms with Crippen LogP contribution in [0.1, 0.15) is 18.9 Å². The van der Waals surface area contributed by atoms with Gasteiger partial charge in [0.1, 0.15) is 0 Å². The molecule has 1 aliphatic rings. The van der Waals surface area contributed by atoms with Crippen molar-refractivity contribution < 1.29 is 22.6 Å². The van der Waals surface area contributed by atoms with Crippen molar-refractivity contribution in [3.63, 3.8) is 0 Å². The fourth-order valence-corrected chi connectivity index (χ4v) is 2.68. The summed E-state index contributed by atoms with van der Waals surface area (Å²) in [4.78, 5) is 4.04. The minimum absolute atomic E-state index is 0.0125. The lowest BCUT2D eigenvalue weighted by molar-refractivity contribution is -0.137. The number of hydrogen-bond donors (Lipinski definition) is 1.